The molecule has 7 nitrogen and oxygen atoms in total. The molecule has 20 heavy (non-hydrogen) atoms. The fourth-order valence-corrected chi connectivity index (χ4v) is 1.63. The van der Waals surface area contributed by atoms with E-state index in [1.165, 1.54) is 6.20 Å². The van der Waals surface area contributed by atoms with Crippen LogP contribution in [0.3, 0.4) is 0 Å². The highest BCUT2D eigenvalue weighted by atomic mass is 35.5. The zero-order chi connectivity index (χ0) is 14.7. The molecular formula is C12H14ClN5O2. The highest BCUT2D eigenvalue weighted by Crippen LogP contribution is 2.25. The molecule has 0 saturated carbocycles. The van der Waals surface area contributed by atoms with Crippen molar-refractivity contribution < 1.29 is 9.32 Å². The molecule has 1 N–H and O–H groups in total. The van der Waals surface area contributed by atoms with Crippen molar-refractivity contribution >= 4 is 17.5 Å². The molecule has 0 bridgehead atoms. The number of likely N-dealkylation sites (N-methyl/N-ethyl adjacent to an activating group) is 1. The van der Waals surface area contributed by atoms with Gasteiger partial charge >= 0.3 is 0 Å². The van der Waals surface area contributed by atoms with Gasteiger partial charge in [0.25, 0.3) is 5.89 Å². The maximum Gasteiger partial charge on any atom is 0.278 e. The molecule has 0 spiro atoms. The summed E-state index contributed by atoms with van der Waals surface area (Å²) in [4.78, 5) is 23.8. The first-order valence-corrected chi connectivity index (χ1v) is 6.45. The van der Waals surface area contributed by atoms with E-state index in [4.69, 9.17) is 16.1 Å². The van der Waals surface area contributed by atoms with Crippen molar-refractivity contribution in [3.8, 4) is 11.6 Å². The summed E-state index contributed by atoms with van der Waals surface area (Å²) in [5.41, 5.74) is 0.376. The molecule has 0 unspecified atom stereocenters. The third kappa shape index (κ3) is 3.11. The van der Waals surface area contributed by atoms with Crippen molar-refractivity contribution in [1.29, 1.82) is 0 Å². The highest BCUT2D eigenvalue weighted by Gasteiger charge is 2.17. The monoisotopic (exact) mass is 295 g/mol. The van der Waals surface area contributed by atoms with Crippen LogP contribution in [0.1, 0.15) is 31.4 Å². The van der Waals surface area contributed by atoms with E-state index >= 15 is 0 Å². The Morgan fingerprint density at radius 3 is 2.85 bits per heavy atom. The number of hydrogen-bond donors (Lipinski definition) is 1. The topological polar surface area (TPSA) is 93.8 Å². The molecule has 0 atom stereocenters. The van der Waals surface area contributed by atoms with Gasteiger partial charge in [0, 0.05) is 13.0 Å². The molecule has 0 radical (unpaired) electrons. The lowest BCUT2D eigenvalue weighted by Gasteiger charge is -2.04. The van der Waals surface area contributed by atoms with Crippen LogP contribution >= 0.6 is 11.6 Å². The number of hydrogen-bond acceptors (Lipinski definition) is 6. The summed E-state index contributed by atoms with van der Waals surface area (Å²) in [5, 5.41) is 6.54. The van der Waals surface area contributed by atoms with Crippen LogP contribution in [-0.4, -0.2) is 33.1 Å². The lowest BCUT2D eigenvalue weighted by molar-refractivity contribution is -0.120. The molecule has 0 aliphatic carbocycles. The summed E-state index contributed by atoms with van der Waals surface area (Å²) in [7, 11) is 1.54. The van der Waals surface area contributed by atoms with E-state index in [9.17, 15) is 4.79 Å². The molecule has 2 aromatic heterocycles. The van der Waals surface area contributed by atoms with Gasteiger partial charge in [-0.2, -0.15) is 4.98 Å². The summed E-state index contributed by atoms with van der Waals surface area (Å²) >= 11 is 6.05. The van der Waals surface area contributed by atoms with Crippen LogP contribution in [0, 0.1) is 0 Å². The predicted octanol–water partition coefficient (Wildman–Crippen LogP) is 1.59. The second kappa shape index (κ2) is 5.96. The maximum atomic E-state index is 11.3. The van der Waals surface area contributed by atoms with Gasteiger partial charge in [0.1, 0.15) is 5.82 Å². The smallest absolute Gasteiger partial charge is 0.278 e. The van der Waals surface area contributed by atoms with Gasteiger partial charge in [-0.3, -0.25) is 4.79 Å². The van der Waals surface area contributed by atoms with Gasteiger partial charge in [0.2, 0.25) is 5.91 Å². The number of rotatable bonds is 4. The Morgan fingerprint density at radius 2 is 2.20 bits per heavy atom. The van der Waals surface area contributed by atoms with E-state index < -0.39 is 0 Å². The number of carbonyl (C=O) groups is 1. The van der Waals surface area contributed by atoms with Crippen LogP contribution in [0.4, 0.5) is 0 Å². The van der Waals surface area contributed by atoms with Crippen LogP contribution in [0.15, 0.2) is 10.7 Å². The fourth-order valence-electron chi connectivity index (χ4n) is 1.46. The first-order valence-electron chi connectivity index (χ1n) is 6.07. The predicted molar refractivity (Wildman–Crippen MR) is 72.2 cm³/mol. The Balaban J connectivity index is 2.32. The molecule has 8 heteroatoms. The number of aromatic nitrogens is 4. The normalized spacial score (nSPS) is 10.8. The van der Waals surface area contributed by atoms with Crippen molar-refractivity contribution in [1.82, 2.24) is 25.4 Å². The Morgan fingerprint density at radius 1 is 1.45 bits per heavy atom. The fraction of sp³-hybridized carbons (Fsp3) is 0.417. The number of halogens is 1. The minimum absolute atomic E-state index is 0.0414. The van der Waals surface area contributed by atoms with E-state index in [0.29, 0.717) is 16.5 Å². The molecule has 2 heterocycles. The first-order chi connectivity index (χ1) is 9.51. The van der Waals surface area contributed by atoms with Crippen molar-refractivity contribution in [3.05, 3.63) is 22.9 Å². The molecule has 1 amide bonds. The Hall–Kier alpha value is -2.02. The number of amides is 1. The van der Waals surface area contributed by atoms with E-state index in [-0.39, 0.29) is 30.0 Å². The minimum Gasteiger partial charge on any atom is -0.359 e. The molecular weight excluding hydrogens is 282 g/mol. The molecule has 2 aromatic rings. The van der Waals surface area contributed by atoms with Gasteiger partial charge in [0.15, 0.2) is 11.5 Å². The highest BCUT2D eigenvalue weighted by molar-refractivity contribution is 6.32. The zero-order valence-electron chi connectivity index (χ0n) is 11.3. The summed E-state index contributed by atoms with van der Waals surface area (Å²) in [6, 6.07) is 0. The second-order valence-electron chi connectivity index (χ2n) is 4.45. The van der Waals surface area contributed by atoms with Crippen molar-refractivity contribution in [3.63, 3.8) is 0 Å². The molecule has 0 aliphatic heterocycles. The van der Waals surface area contributed by atoms with Crippen LogP contribution < -0.4 is 5.32 Å². The maximum absolute atomic E-state index is 11.3. The lowest BCUT2D eigenvalue weighted by atomic mass is 10.2. The van der Waals surface area contributed by atoms with Crippen molar-refractivity contribution in [2.24, 2.45) is 0 Å². The third-order valence-electron chi connectivity index (χ3n) is 2.55. The molecule has 0 saturated heterocycles. The van der Waals surface area contributed by atoms with Crippen molar-refractivity contribution in [2.75, 3.05) is 7.05 Å². The van der Waals surface area contributed by atoms with E-state index in [0.717, 1.165) is 0 Å². The van der Waals surface area contributed by atoms with Gasteiger partial charge in [-0.1, -0.05) is 30.6 Å². The largest absolute Gasteiger partial charge is 0.359 e. The average Bonchev–Trinajstić information content (AvgIpc) is 2.87. The third-order valence-corrected chi connectivity index (χ3v) is 2.82. The quantitative estimate of drug-likeness (QED) is 0.920. The van der Waals surface area contributed by atoms with Gasteiger partial charge in [-0.25, -0.2) is 9.97 Å². The zero-order valence-corrected chi connectivity index (χ0v) is 12.1. The lowest BCUT2D eigenvalue weighted by Crippen LogP contribution is -2.20. The molecule has 106 valence electrons. The number of carbonyl (C=O) groups excluding carboxylic acids is 1. The van der Waals surface area contributed by atoms with Crippen LogP contribution in [-0.2, 0) is 11.2 Å². The molecule has 2 rings (SSSR count). The van der Waals surface area contributed by atoms with E-state index in [2.05, 4.69) is 25.4 Å². The van der Waals surface area contributed by atoms with Gasteiger partial charge in [-0.15, -0.1) is 0 Å². The molecule has 0 aromatic carbocycles. The Kier molecular flexibility index (Phi) is 4.29. The second-order valence-corrected chi connectivity index (χ2v) is 4.85. The molecule has 0 aliphatic rings. The summed E-state index contributed by atoms with van der Waals surface area (Å²) < 4.78 is 5.10. The average molecular weight is 296 g/mol. The number of nitrogens with one attached hydrogen (secondary N) is 1. The summed E-state index contributed by atoms with van der Waals surface area (Å²) in [5.74, 6) is 1.04. The summed E-state index contributed by atoms with van der Waals surface area (Å²) in [6.45, 7) is 3.94. The Labute approximate surface area is 120 Å². The van der Waals surface area contributed by atoms with Crippen LogP contribution in [0.5, 0.6) is 0 Å². The van der Waals surface area contributed by atoms with Crippen molar-refractivity contribution in [2.45, 2.75) is 26.2 Å². The van der Waals surface area contributed by atoms with Gasteiger partial charge in [-0.05, 0) is 0 Å². The number of nitrogens with zero attached hydrogens (tertiary/aromatic N) is 4. The van der Waals surface area contributed by atoms with Crippen LogP contribution in [0.2, 0.25) is 5.02 Å². The minimum atomic E-state index is -0.200. The Bertz CT molecular complexity index is 626. The SMILES string of the molecule is CNC(=O)Cc1noc(-c2nc(C(C)C)ncc2Cl)n1. The van der Waals surface area contributed by atoms with Crippen LogP contribution in [0.25, 0.3) is 11.6 Å². The van der Waals surface area contributed by atoms with Gasteiger partial charge < -0.3 is 9.84 Å². The summed E-state index contributed by atoms with van der Waals surface area (Å²) in [6.07, 6.45) is 1.54. The van der Waals surface area contributed by atoms with E-state index in [1.54, 1.807) is 7.05 Å². The van der Waals surface area contributed by atoms with Gasteiger partial charge in [0.05, 0.1) is 17.6 Å². The first kappa shape index (κ1) is 14.4. The molecule has 0 fully saturated rings. The van der Waals surface area contributed by atoms with E-state index in [1.807, 2.05) is 13.8 Å². The standard InChI is InChI=1S/C12H14ClN5O2/c1-6(2)11-15-5-7(13)10(17-11)12-16-8(18-20-12)4-9(19)14-3/h5-6H,4H2,1-3H3,(H,14,19).